The summed E-state index contributed by atoms with van der Waals surface area (Å²) in [7, 11) is 1.60. The molecule has 20 heavy (non-hydrogen) atoms. The molecule has 0 aromatic heterocycles. The average molecular weight is 278 g/mol. The second kappa shape index (κ2) is 7.53. The number of rotatable bonds is 6. The summed E-state index contributed by atoms with van der Waals surface area (Å²) in [6.45, 7) is 4.27. The molecule has 0 radical (unpaired) electrons. The normalized spacial score (nSPS) is 10.2. The minimum atomic E-state index is -0.909. The predicted molar refractivity (Wildman–Crippen MR) is 79.1 cm³/mol. The summed E-state index contributed by atoms with van der Waals surface area (Å²) >= 11 is 0. The lowest BCUT2D eigenvalue weighted by molar-refractivity contribution is -0.137. The molecular weight excluding hydrogens is 256 g/mol. The highest BCUT2D eigenvalue weighted by Crippen LogP contribution is 2.22. The van der Waals surface area contributed by atoms with Crippen molar-refractivity contribution in [2.45, 2.75) is 33.1 Å². The van der Waals surface area contributed by atoms with Gasteiger partial charge in [-0.3, -0.25) is 4.79 Å². The molecule has 1 rings (SSSR count). The van der Waals surface area contributed by atoms with E-state index in [4.69, 9.17) is 5.11 Å². The maximum absolute atomic E-state index is 12.1. The number of nitrogens with zero attached hydrogens (tertiary/aromatic N) is 1. The molecule has 0 aliphatic rings. The number of benzene rings is 1. The minimum Gasteiger partial charge on any atom is -0.481 e. The van der Waals surface area contributed by atoms with E-state index in [-0.39, 0.29) is 19.0 Å². The lowest BCUT2D eigenvalue weighted by Crippen LogP contribution is -2.33. The summed E-state index contributed by atoms with van der Waals surface area (Å²) in [6.07, 6.45) is 1.62. The van der Waals surface area contributed by atoms with Crippen LogP contribution in [0.5, 0.6) is 0 Å². The number of para-hydroxylation sites is 1. The molecule has 2 N–H and O–H groups in total. The summed E-state index contributed by atoms with van der Waals surface area (Å²) in [5.74, 6) is -0.909. The SMILES string of the molecule is CCc1cccc(CC)c1NC(=O)N(C)CCC(=O)O. The lowest BCUT2D eigenvalue weighted by Gasteiger charge is -2.20. The van der Waals surface area contributed by atoms with Gasteiger partial charge in [0, 0.05) is 19.3 Å². The molecule has 2 amide bonds. The quantitative estimate of drug-likeness (QED) is 0.840. The molecule has 0 atom stereocenters. The van der Waals surface area contributed by atoms with E-state index in [1.165, 1.54) is 4.90 Å². The summed E-state index contributed by atoms with van der Waals surface area (Å²) in [4.78, 5) is 24.0. The first-order valence-electron chi connectivity index (χ1n) is 6.84. The van der Waals surface area contributed by atoms with E-state index in [0.717, 1.165) is 29.7 Å². The fraction of sp³-hybridized carbons (Fsp3) is 0.467. The van der Waals surface area contributed by atoms with E-state index in [2.05, 4.69) is 5.32 Å². The van der Waals surface area contributed by atoms with Crippen LogP contribution < -0.4 is 5.32 Å². The molecule has 0 fully saturated rings. The van der Waals surface area contributed by atoms with Gasteiger partial charge in [0.2, 0.25) is 0 Å². The Kier molecular flexibility index (Phi) is 6.03. The molecule has 0 heterocycles. The van der Waals surface area contributed by atoms with Crippen LogP contribution in [0.1, 0.15) is 31.4 Å². The van der Waals surface area contributed by atoms with Gasteiger partial charge in [-0.15, -0.1) is 0 Å². The van der Waals surface area contributed by atoms with Crippen molar-refractivity contribution in [1.29, 1.82) is 0 Å². The Bertz CT molecular complexity index is 464. The highest BCUT2D eigenvalue weighted by atomic mass is 16.4. The second-order valence-electron chi connectivity index (χ2n) is 4.65. The van der Waals surface area contributed by atoms with Crippen molar-refractivity contribution in [2.24, 2.45) is 0 Å². The predicted octanol–water partition coefficient (Wildman–Crippen LogP) is 2.75. The number of aryl methyl sites for hydroxylation is 2. The van der Waals surface area contributed by atoms with E-state index >= 15 is 0 Å². The molecule has 1 aromatic carbocycles. The van der Waals surface area contributed by atoms with Gasteiger partial charge >= 0.3 is 12.0 Å². The van der Waals surface area contributed by atoms with Gasteiger partial charge in [-0.25, -0.2) is 4.79 Å². The minimum absolute atomic E-state index is 0.0556. The van der Waals surface area contributed by atoms with Gasteiger partial charge in [0.05, 0.1) is 6.42 Å². The van der Waals surface area contributed by atoms with E-state index in [9.17, 15) is 9.59 Å². The van der Waals surface area contributed by atoms with Crippen molar-refractivity contribution in [2.75, 3.05) is 18.9 Å². The summed E-state index contributed by atoms with van der Waals surface area (Å²) in [5, 5.41) is 11.5. The highest BCUT2D eigenvalue weighted by molar-refractivity contribution is 5.91. The molecule has 0 aliphatic carbocycles. The van der Waals surface area contributed by atoms with Gasteiger partial charge in [0.25, 0.3) is 0 Å². The van der Waals surface area contributed by atoms with Crippen LogP contribution in [0.4, 0.5) is 10.5 Å². The molecule has 5 nitrogen and oxygen atoms in total. The smallest absolute Gasteiger partial charge is 0.321 e. The van der Waals surface area contributed by atoms with Gasteiger partial charge in [-0.05, 0) is 24.0 Å². The molecule has 0 saturated heterocycles. The molecule has 5 heteroatoms. The third kappa shape index (κ3) is 4.26. The summed E-state index contributed by atoms with van der Waals surface area (Å²) in [6, 6.07) is 5.70. The number of anilines is 1. The number of carbonyl (C=O) groups excluding carboxylic acids is 1. The number of nitrogens with one attached hydrogen (secondary N) is 1. The zero-order valence-electron chi connectivity index (χ0n) is 12.3. The van der Waals surface area contributed by atoms with Crippen LogP contribution in [-0.2, 0) is 17.6 Å². The third-order valence-corrected chi connectivity index (χ3v) is 3.24. The number of carboxylic acids is 1. The van der Waals surface area contributed by atoms with Crippen molar-refractivity contribution in [3.8, 4) is 0 Å². The third-order valence-electron chi connectivity index (χ3n) is 3.24. The number of carboxylic acid groups (broad SMARTS) is 1. The molecule has 0 aliphatic heterocycles. The Morgan fingerprint density at radius 2 is 1.75 bits per heavy atom. The van der Waals surface area contributed by atoms with Crippen LogP contribution in [0.2, 0.25) is 0 Å². The standard InChI is InChI=1S/C15H22N2O3/c1-4-11-7-6-8-12(5-2)14(11)16-15(20)17(3)10-9-13(18)19/h6-8H,4-5,9-10H2,1-3H3,(H,16,20)(H,18,19). The second-order valence-corrected chi connectivity index (χ2v) is 4.65. The van der Waals surface area contributed by atoms with Crippen LogP contribution in [0.15, 0.2) is 18.2 Å². The van der Waals surface area contributed by atoms with Crippen LogP contribution in [0.25, 0.3) is 0 Å². The number of hydrogen-bond donors (Lipinski definition) is 2. The topological polar surface area (TPSA) is 69.6 Å². The van der Waals surface area contributed by atoms with Crippen LogP contribution >= 0.6 is 0 Å². The summed E-state index contributed by atoms with van der Waals surface area (Å²) < 4.78 is 0. The summed E-state index contributed by atoms with van der Waals surface area (Å²) in [5.41, 5.74) is 3.03. The zero-order valence-corrected chi connectivity index (χ0v) is 12.3. The average Bonchev–Trinajstić information content (AvgIpc) is 2.44. The van der Waals surface area contributed by atoms with Gasteiger partial charge in [-0.2, -0.15) is 0 Å². The fourth-order valence-electron chi connectivity index (χ4n) is 1.97. The first kappa shape index (κ1) is 16.0. The molecule has 110 valence electrons. The highest BCUT2D eigenvalue weighted by Gasteiger charge is 2.14. The van der Waals surface area contributed by atoms with Crippen LogP contribution in [-0.4, -0.2) is 35.6 Å². The molecule has 1 aromatic rings. The number of hydrogen-bond acceptors (Lipinski definition) is 2. The van der Waals surface area contributed by atoms with Gasteiger partial charge < -0.3 is 15.3 Å². The Balaban J connectivity index is 2.81. The van der Waals surface area contributed by atoms with Crippen molar-refractivity contribution in [3.05, 3.63) is 29.3 Å². The van der Waals surface area contributed by atoms with E-state index in [1.807, 2.05) is 32.0 Å². The van der Waals surface area contributed by atoms with Crippen molar-refractivity contribution < 1.29 is 14.7 Å². The van der Waals surface area contributed by atoms with Crippen molar-refractivity contribution in [3.63, 3.8) is 0 Å². The van der Waals surface area contributed by atoms with E-state index in [0.29, 0.717) is 0 Å². The Labute approximate surface area is 119 Å². The molecule has 0 unspecified atom stereocenters. The van der Waals surface area contributed by atoms with Crippen LogP contribution in [0, 0.1) is 0 Å². The maximum atomic E-state index is 12.1. The maximum Gasteiger partial charge on any atom is 0.321 e. The number of amides is 2. The lowest BCUT2D eigenvalue weighted by atomic mass is 10.0. The van der Waals surface area contributed by atoms with E-state index < -0.39 is 5.97 Å². The molecule has 0 saturated carbocycles. The first-order chi connectivity index (χ1) is 9.49. The fourth-order valence-corrected chi connectivity index (χ4v) is 1.97. The largest absolute Gasteiger partial charge is 0.481 e. The van der Waals surface area contributed by atoms with E-state index in [1.54, 1.807) is 7.05 Å². The Morgan fingerprint density at radius 3 is 2.20 bits per heavy atom. The Morgan fingerprint density at radius 1 is 1.20 bits per heavy atom. The Hall–Kier alpha value is -2.04. The van der Waals surface area contributed by atoms with Crippen LogP contribution in [0.3, 0.4) is 0 Å². The van der Waals surface area contributed by atoms with Crippen molar-refractivity contribution >= 4 is 17.7 Å². The van der Waals surface area contributed by atoms with Crippen molar-refractivity contribution in [1.82, 2.24) is 4.90 Å². The number of aliphatic carboxylic acids is 1. The zero-order chi connectivity index (χ0) is 15.1. The number of carbonyl (C=O) groups is 2. The van der Waals surface area contributed by atoms with Gasteiger partial charge in [0.15, 0.2) is 0 Å². The monoisotopic (exact) mass is 278 g/mol. The molecule has 0 spiro atoms. The molecule has 0 bridgehead atoms. The molecular formula is C15H22N2O3. The van der Waals surface area contributed by atoms with Gasteiger partial charge in [-0.1, -0.05) is 32.0 Å². The van der Waals surface area contributed by atoms with Gasteiger partial charge in [0.1, 0.15) is 0 Å². The number of urea groups is 1. The first-order valence-corrected chi connectivity index (χ1v) is 6.84.